The standard InChI is InChI=1S/C18H20ClN3O4/c1-9-12-13(16(24)22(15(12)23)7-4-8-26-2)18(21-9)10-5-3-6-11(19)14(10)20-17(18)25/h3,5-6,9,12-13,21H,4,7-8H2,1-2H3,(H,20,25)/t9-,12+,13+,18+/m0/s1. The molecule has 0 bridgehead atoms. The van der Waals surface area contributed by atoms with E-state index in [0.29, 0.717) is 35.8 Å². The van der Waals surface area contributed by atoms with Crippen LogP contribution in [0.15, 0.2) is 18.2 Å². The molecule has 2 saturated heterocycles. The Balaban J connectivity index is 1.77. The van der Waals surface area contributed by atoms with Crippen molar-refractivity contribution in [3.05, 3.63) is 28.8 Å². The van der Waals surface area contributed by atoms with Gasteiger partial charge in [-0.1, -0.05) is 23.7 Å². The molecule has 8 heteroatoms. The molecule has 0 aliphatic carbocycles. The molecule has 4 rings (SSSR count). The van der Waals surface area contributed by atoms with Crippen molar-refractivity contribution in [3.8, 4) is 0 Å². The number of benzene rings is 1. The molecule has 138 valence electrons. The number of halogens is 1. The Morgan fingerprint density at radius 3 is 2.77 bits per heavy atom. The van der Waals surface area contributed by atoms with Crippen LogP contribution >= 0.6 is 11.6 Å². The second kappa shape index (κ2) is 6.04. The van der Waals surface area contributed by atoms with Gasteiger partial charge in [-0.05, 0) is 19.4 Å². The van der Waals surface area contributed by atoms with E-state index in [-0.39, 0.29) is 23.8 Å². The molecule has 0 unspecified atom stereocenters. The lowest BCUT2D eigenvalue weighted by Gasteiger charge is -2.29. The van der Waals surface area contributed by atoms with Crippen molar-refractivity contribution in [2.24, 2.45) is 11.8 Å². The first-order valence-corrected chi connectivity index (χ1v) is 9.03. The topological polar surface area (TPSA) is 87.7 Å². The third-order valence-electron chi connectivity index (χ3n) is 5.67. The fraction of sp³-hybridized carbons (Fsp3) is 0.500. The molecule has 2 fully saturated rings. The highest BCUT2D eigenvalue weighted by atomic mass is 35.5. The number of anilines is 1. The Kier molecular flexibility index (Phi) is 4.06. The van der Waals surface area contributed by atoms with E-state index in [2.05, 4.69) is 10.6 Å². The van der Waals surface area contributed by atoms with Crippen LogP contribution in [0.4, 0.5) is 5.69 Å². The number of ether oxygens (including phenoxy) is 1. The number of carbonyl (C=O) groups excluding carboxylic acids is 3. The molecule has 4 atom stereocenters. The molecule has 3 aliphatic rings. The number of hydrogen-bond donors (Lipinski definition) is 2. The highest BCUT2D eigenvalue weighted by Gasteiger charge is 2.69. The van der Waals surface area contributed by atoms with Gasteiger partial charge in [0, 0.05) is 31.9 Å². The second-order valence-electron chi connectivity index (χ2n) is 7.04. The van der Waals surface area contributed by atoms with Gasteiger partial charge in [0.1, 0.15) is 5.54 Å². The Labute approximate surface area is 156 Å². The van der Waals surface area contributed by atoms with Crippen molar-refractivity contribution in [2.45, 2.75) is 24.9 Å². The first-order chi connectivity index (χ1) is 12.4. The minimum Gasteiger partial charge on any atom is -0.385 e. The van der Waals surface area contributed by atoms with Crippen LogP contribution in [-0.4, -0.2) is 48.9 Å². The first kappa shape index (κ1) is 17.5. The summed E-state index contributed by atoms with van der Waals surface area (Å²) in [6, 6.07) is 4.92. The number of rotatable bonds is 4. The molecule has 7 nitrogen and oxygen atoms in total. The zero-order valence-electron chi connectivity index (χ0n) is 14.5. The van der Waals surface area contributed by atoms with Crippen molar-refractivity contribution in [2.75, 3.05) is 25.6 Å². The Morgan fingerprint density at radius 2 is 2.04 bits per heavy atom. The monoisotopic (exact) mass is 377 g/mol. The van der Waals surface area contributed by atoms with Crippen LogP contribution in [0, 0.1) is 11.8 Å². The van der Waals surface area contributed by atoms with Gasteiger partial charge in [-0.2, -0.15) is 0 Å². The smallest absolute Gasteiger partial charge is 0.250 e. The van der Waals surface area contributed by atoms with Crippen LogP contribution < -0.4 is 10.6 Å². The van der Waals surface area contributed by atoms with Gasteiger partial charge in [0.2, 0.25) is 17.7 Å². The normalized spacial score (nSPS) is 32.3. The molecular formula is C18H20ClN3O4. The zero-order chi connectivity index (χ0) is 18.6. The quantitative estimate of drug-likeness (QED) is 0.606. The number of para-hydroxylation sites is 1. The highest BCUT2D eigenvalue weighted by molar-refractivity contribution is 6.35. The number of amides is 3. The lowest BCUT2D eigenvalue weighted by Crippen LogP contribution is -2.53. The summed E-state index contributed by atoms with van der Waals surface area (Å²) in [6.45, 7) is 2.60. The van der Waals surface area contributed by atoms with Gasteiger partial charge in [-0.3, -0.25) is 24.6 Å². The Morgan fingerprint density at radius 1 is 1.27 bits per heavy atom. The van der Waals surface area contributed by atoms with Crippen LogP contribution in [0.2, 0.25) is 5.02 Å². The summed E-state index contributed by atoms with van der Waals surface area (Å²) in [5.74, 6) is -2.21. The lowest BCUT2D eigenvalue weighted by molar-refractivity contribution is -0.143. The summed E-state index contributed by atoms with van der Waals surface area (Å²) in [6.07, 6.45) is 0.566. The van der Waals surface area contributed by atoms with Gasteiger partial charge in [0.15, 0.2) is 0 Å². The second-order valence-corrected chi connectivity index (χ2v) is 7.44. The predicted molar refractivity (Wildman–Crippen MR) is 94.6 cm³/mol. The van der Waals surface area contributed by atoms with E-state index < -0.39 is 17.4 Å². The molecule has 1 aromatic carbocycles. The maximum atomic E-state index is 13.1. The maximum Gasteiger partial charge on any atom is 0.250 e. The van der Waals surface area contributed by atoms with Gasteiger partial charge < -0.3 is 10.1 Å². The Bertz CT molecular complexity index is 814. The average Bonchev–Trinajstić information content (AvgIpc) is 3.16. The number of fused-ring (bicyclic) bond motifs is 4. The summed E-state index contributed by atoms with van der Waals surface area (Å²) in [4.78, 5) is 40.3. The zero-order valence-corrected chi connectivity index (χ0v) is 15.3. The largest absolute Gasteiger partial charge is 0.385 e. The molecule has 3 amide bonds. The maximum absolute atomic E-state index is 13.1. The molecule has 0 radical (unpaired) electrons. The summed E-state index contributed by atoms with van der Waals surface area (Å²) in [5, 5.41) is 6.46. The van der Waals surface area contributed by atoms with Gasteiger partial charge >= 0.3 is 0 Å². The SMILES string of the molecule is COCCCN1C(=O)[C@@H]2[C@H](C)N[C@@]3(C(=O)Nc4c(Cl)cccc43)[C@H]2C1=O. The van der Waals surface area contributed by atoms with E-state index in [9.17, 15) is 14.4 Å². The average molecular weight is 378 g/mol. The predicted octanol–water partition coefficient (Wildman–Crippen LogP) is 1.12. The minimum atomic E-state index is -1.26. The summed E-state index contributed by atoms with van der Waals surface area (Å²) in [5.41, 5.74) is -0.112. The molecule has 26 heavy (non-hydrogen) atoms. The molecule has 3 aliphatic heterocycles. The Hall–Kier alpha value is -1.96. The number of carbonyl (C=O) groups is 3. The molecule has 0 aromatic heterocycles. The third-order valence-corrected chi connectivity index (χ3v) is 5.98. The van der Waals surface area contributed by atoms with E-state index >= 15 is 0 Å². The van der Waals surface area contributed by atoms with Crippen molar-refractivity contribution < 1.29 is 19.1 Å². The fourth-order valence-corrected chi connectivity index (χ4v) is 4.82. The molecule has 3 heterocycles. The molecular weight excluding hydrogens is 358 g/mol. The molecule has 1 aromatic rings. The van der Waals surface area contributed by atoms with Gasteiger partial charge in [-0.25, -0.2) is 0 Å². The van der Waals surface area contributed by atoms with Crippen LogP contribution in [-0.2, 0) is 24.7 Å². The number of imide groups is 1. The van der Waals surface area contributed by atoms with E-state index in [1.54, 1.807) is 25.3 Å². The van der Waals surface area contributed by atoms with Gasteiger partial charge in [0.05, 0.1) is 22.5 Å². The third kappa shape index (κ3) is 2.11. The van der Waals surface area contributed by atoms with Gasteiger partial charge in [0.25, 0.3) is 0 Å². The number of hydrogen-bond acceptors (Lipinski definition) is 5. The van der Waals surface area contributed by atoms with E-state index in [1.165, 1.54) is 4.90 Å². The number of likely N-dealkylation sites (tertiary alicyclic amines) is 1. The fourth-order valence-electron chi connectivity index (χ4n) is 4.60. The van der Waals surface area contributed by atoms with Crippen molar-refractivity contribution in [1.82, 2.24) is 10.2 Å². The van der Waals surface area contributed by atoms with Crippen molar-refractivity contribution >= 4 is 35.0 Å². The molecule has 0 saturated carbocycles. The highest BCUT2D eigenvalue weighted by Crippen LogP contribution is 2.53. The van der Waals surface area contributed by atoms with Crippen LogP contribution in [0.1, 0.15) is 18.9 Å². The molecule has 1 spiro atoms. The number of nitrogens with one attached hydrogen (secondary N) is 2. The summed E-state index contributed by atoms with van der Waals surface area (Å²) >= 11 is 6.24. The number of methoxy groups -OCH3 is 1. The van der Waals surface area contributed by atoms with Gasteiger partial charge in [-0.15, -0.1) is 0 Å². The van der Waals surface area contributed by atoms with Crippen LogP contribution in [0.25, 0.3) is 0 Å². The first-order valence-electron chi connectivity index (χ1n) is 8.65. The van der Waals surface area contributed by atoms with E-state index in [1.807, 2.05) is 6.92 Å². The van der Waals surface area contributed by atoms with E-state index in [0.717, 1.165) is 0 Å². The molecule has 2 N–H and O–H groups in total. The van der Waals surface area contributed by atoms with Crippen LogP contribution in [0.3, 0.4) is 0 Å². The van der Waals surface area contributed by atoms with Crippen molar-refractivity contribution in [1.29, 1.82) is 0 Å². The van der Waals surface area contributed by atoms with Crippen molar-refractivity contribution in [3.63, 3.8) is 0 Å². The van der Waals surface area contributed by atoms with E-state index in [4.69, 9.17) is 16.3 Å². The lowest BCUT2D eigenvalue weighted by atomic mass is 9.76. The summed E-state index contributed by atoms with van der Waals surface area (Å²) < 4.78 is 5.02. The number of nitrogens with zero attached hydrogens (tertiary/aromatic N) is 1. The van der Waals surface area contributed by atoms with Crippen LogP contribution in [0.5, 0.6) is 0 Å². The summed E-state index contributed by atoms with van der Waals surface area (Å²) in [7, 11) is 1.58. The minimum absolute atomic E-state index is 0.226.